The molecule has 1 aromatic carbocycles. The molecule has 3 rings (SSSR count). The molecule has 1 heterocycles. The second-order valence-corrected chi connectivity index (χ2v) is 5.97. The predicted molar refractivity (Wildman–Crippen MR) is 77.5 cm³/mol. The lowest BCUT2D eigenvalue weighted by Crippen LogP contribution is -2.58. The van der Waals surface area contributed by atoms with Crippen molar-refractivity contribution in [1.82, 2.24) is 10.2 Å². The highest BCUT2D eigenvalue weighted by molar-refractivity contribution is 5.27. The first kappa shape index (κ1) is 12.9. The van der Waals surface area contributed by atoms with Crippen LogP contribution in [0.5, 0.6) is 5.75 Å². The molecule has 0 amide bonds. The first-order valence-electron chi connectivity index (χ1n) is 7.40. The smallest absolute Gasteiger partial charge is 0.118 e. The highest BCUT2D eigenvalue weighted by Crippen LogP contribution is 2.32. The fraction of sp³-hybridized carbons (Fsp3) is 0.625. The Kier molecular flexibility index (Phi) is 3.76. The van der Waals surface area contributed by atoms with Crippen molar-refractivity contribution in [2.24, 2.45) is 0 Å². The lowest BCUT2D eigenvalue weighted by molar-refractivity contribution is 0.129. The molecular formula is C16H24N2O. The van der Waals surface area contributed by atoms with Gasteiger partial charge in [-0.05, 0) is 30.5 Å². The molecule has 0 unspecified atom stereocenters. The average Bonchev–Trinajstić information content (AvgIpc) is 2.88. The highest BCUT2D eigenvalue weighted by atomic mass is 16.5. The molecule has 3 heteroatoms. The zero-order valence-electron chi connectivity index (χ0n) is 11.8. The van der Waals surface area contributed by atoms with Gasteiger partial charge in [-0.15, -0.1) is 0 Å². The second kappa shape index (κ2) is 5.51. The van der Waals surface area contributed by atoms with Crippen LogP contribution in [0, 0.1) is 0 Å². The van der Waals surface area contributed by atoms with Crippen LogP contribution in [-0.4, -0.2) is 37.2 Å². The van der Waals surface area contributed by atoms with E-state index in [-0.39, 0.29) is 0 Å². The molecule has 1 aliphatic heterocycles. The van der Waals surface area contributed by atoms with E-state index in [2.05, 4.69) is 34.5 Å². The number of benzene rings is 1. The summed E-state index contributed by atoms with van der Waals surface area (Å²) in [6.45, 7) is 4.57. The van der Waals surface area contributed by atoms with Gasteiger partial charge >= 0.3 is 0 Å². The van der Waals surface area contributed by atoms with Crippen molar-refractivity contribution < 1.29 is 4.74 Å². The lowest BCUT2D eigenvalue weighted by atomic mass is 9.94. The quantitative estimate of drug-likeness (QED) is 0.903. The third-order valence-electron chi connectivity index (χ3n) is 4.58. The predicted octanol–water partition coefficient (Wildman–Crippen LogP) is 2.41. The molecule has 2 aliphatic rings. The summed E-state index contributed by atoms with van der Waals surface area (Å²) in [4.78, 5) is 2.60. The SMILES string of the molecule is COc1ccc(CN2CCNC3(CCCC3)C2)cc1. The molecule has 0 radical (unpaired) electrons. The van der Waals surface area contributed by atoms with E-state index in [0.29, 0.717) is 5.54 Å². The number of methoxy groups -OCH3 is 1. The third kappa shape index (κ3) is 2.93. The average molecular weight is 260 g/mol. The summed E-state index contributed by atoms with van der Waals surface area (Å²) in [6, 6.07) is 8.48. The summed E-state index contributed by atoms with van der Waals surface area (Å²) in [5.41, 5.74) is 1.81. The number of rotatable bonds is 3. The van der Waals surface area contributed by atoms with Crippen LogP contribution >= 0.6 is 0 Å². The van der Waals surface area contributed by atoms with Crippen molar-refractivity contribution >= 4 is 0 Å². The summed E-state index contributed by atoms with van der Waals surface area (Å²) in [5, 5.41) is 3.77. The molecule has 0 aromatic heterocycles. The van der Waals surface area contributed by atoms with Gasteiger partial charge in [0.25, 0.3) is 0 Å². The Labute approximate surface area is 115 Å². The van der Waals surface area contributed by atoms with Gasteiger partial charge in [-0.2, -0.15) is 0 Å². The minimum absolute atomic E-state index is 0.421. The molecular weight excluding hydrogens is 236 g/mol. The van der Waals surface area contributed by atoms with Crippen molar-refractivity contribution in [1.29, 1.82) is 0 Å². The molecule has 1 N–H and O–H groups in total. The summed E-state index contributed by atoms with van der Waals surface area (Å²) in [5.74, 6) is 0.941. The van der Waals surface area contributed by atoms with Gasteiger partial charge in [-0.3, -0.25) is 4.90 Å². The molecule has 104 valence electrons. The van der Waals surface area contributed by atoms with E-state index in [0.717, 1.165) is 25.4 Å². The number of nitrogens with one attached hydrogen (secondary N) is 1. The zero-order chi connectivity index (χ0) is 13.1. The van der Waals surface area contributed by atoms with Gasteiger partial charge in [0.15, 0.2) is 0 Å². The standard InChI is InChI=1S/C16H24N2O/c1-19-15-6-4-14(5-7-15)12-18-11-10-17-16(13-18)8-2-3-9-16/h4-7,17H,2-3,8-13H2,1H3. The van der Waals surface area contributed by atoms with Crippen LogP contribution in [0.2, 0.25) is 0 Å². The van der Waals surface area contributed by atoms with E-state index in [1.54, 1.807) is 7.11 Å². The molecule has 1 saturated carbocycles. The van der Waals surface area contributed by atoms with Gasteiger partial charge in [-0.1, -0.05) is 25.0 Å². The van der Waals surface area contributed by atoms with E-state index >= 15 is 0 Å². The van der Waals surface area contributed by atoms with E-state index < -0.39 is 0 Å². The molecule has 1 spiro atoms. The Hall–Kier alpha value is -1.06. The van der Waals surface area contributed by atoms with Crippen LogP contribution in [-0.2, 0) is 6.54 Å². The largest absolute Gasteiger partial charge is 0.497 e. The maximum Gasteiger partial charge on any atom is 0.118 e. The van der Waals surface area contributed by atoms with Gasteiger partial charge < -0.3 is 10.1 Å². The van der Waals surface area contributed by atoms with Crippen LogP contribution in [0.15, 0.2) is 24.3 Å². The molecule has 1 aromatic rings. The lowest BCUT2D eigenvalue weighted by Gasteiger charge is -2.41. The Bertz CT molecular complexity index is 409. The van der Waals surface area contributed by atoms with E-state index in [4.69, 9.17) is 4.74 Å². The Morgan fingerprint density at radius 1 is 1.21 bits per heavy atom. The summed E-state index contributed by atoms with van der Waals surface area (Å²) < 4.78 is 5.21. The zero-order valence-corrected chi connectivity index (χ0v) is 11.8. The van der Waals surface area contributed by atoms with Crippen molar-refractivity contribution in [2.45, 2.75) is 37.8 Å². The number of ether oxygens (including phenoxy) is 1. The van der Waals surface area contributed by atoms with Gasteiger partial charge in [0, 0.05) is 31.7 Å². The summed E-state index contributed by atoms with van der Waals surface area (Å²) in [7, 11) is 1.72. The summed E-state index contributed by atoms with van der Waals surface area (Å²) >= 11 is 0. The molecule has 1 aliphatic carbocycles. The topological polar surface area (TPSA) is 24.5 Å². The van der Waals surface area contributed by atoms with Crippen LogP contribution in [0.3, 0.4) is 0 Å². The number of hydrogen-bond donors (Lipinski definition) is 1. The van der Waals surface area contributed by atoms with Gasteiger partial charge in [0.2, 0.25) is 0 Å². The third-order valence-corrected chi connectivity index (χ3v) is 4.58. The fourth-order valence-corrected chi connectivity index (χ4v) is 3.55. The van der Waals surface area contributed by atoms with Crippen molar-refractivity contribution in [3.8, 4) is 5.75 Å². The summed E-state index contributed by atoms with van der Waals surface area (Å²) in [6.07, 6.45) is 5.49. The highest BCUT2D eigenvalue weighted by Gasteiger charge is 2.37. The van der Waals surface area contributed by atoms with Crippen LogP contribution < -0.4 is 10.1 Å². The monoisotopic (exact) mass is 260 g/mol. The molecule has 0 atom stereocenters. The van der Waals surface area contributed by atoms with Gasteiger partial charge in [0.1, 0.15) is 5.75 Å². The Balaban J connectivity index is 1.62. The minimum Gasteiger partial charge on any atom is -0.497 e. The first-order valence-corrected chi connectivity index (χ1v) is 7.40. The Morgan fingerprint density at radius 3 is 2.63 bits per heavy atom. The first-order chi connectivity index (χ1) is 9.30. The minimum atomic E-state index is 0.421. The molecule has 1 saturated heterocycles. The second-order valence-electron chi connectivity index (χ2n) is 5.97. The fourth-order valence-electron chi connectivity index (χ4n) is 3.55. The number of nitrogens with zero attached hydrogens (tertiary/aromatic N) is 1. The molecule has 19 heavy (non-hydrogen) atoms. The van der Waals surface area contributed by atoms with Crippen molar-refractivity contribution in [2.75, 3.05) is 26.7 Å². The molecule has 2 fully saturated rings. The van der Waals surface area contributed by atoms with Gasteiger partial charge in [-0.25, -0.2) is 0 Å². The van der Waals surface area contributed by atoms with E-state index in [1.807, 2.05) is 0 Å². The maximum atomic E-state index is 5.21. The van der Waals surface area contributed by atoms with Crippen LogP contribution in [0.25, 0.3) is 0 Å². The van der Waals surface area contributed by atoms with E-state index in [1.165, 1.54) is 37.8 Å². The Morgan fingerprint density at radius 2 is 1.95 bits per heavy atom. The van der Waals surface area contributed by atoms with Gasteiger partial charge in [0.05, 0.1) is 7.11 Å². The normalized spacial score (nSPS) is 22.8. The molecule has 0 bridgehead atoms. The van der Waals surface area contributed by atoms with Crippen LogP contribution in [0.4, 0.5) is 0 Å². The maximum absolute atomic E-state index is 5.21. The molecule has 3 nitrogen and oxygen atoms in total. The number of hydrogen-bond acceptors (Lipinski definition) is 3. The van der Waals surface area contributed by atoms with Crippen LogP contribution in [0.1, 0.15) is 31.2 Å². The van der Waals surface area contributed by atoms with Crippen molar-refractivity contribution in [3.63, 3.8) is 0 Å². The van der Waals surface area contributed by atoms with Crippen molar-refractivity contribution in [3.05, 3.63) is 29.8 Å². The van der Waals surface area contributed by atoms with E-state index in [9.17, 15) is 0 Å². The number of piperazine rings is 1.